The van der Waals surface area contributed by atoms with E-state index in [1.54, 1.807) is 0 Å². The Labute approximate surface area is 107 Å². The molecule has 0 aliphatic rings. The summed E-state index contributed by atoms with van der Waals surface area (Å²) in [4.78, 5) is 49.9. The van der Waals surface area contributed by atoms with Crippen molar-refractivity contribution in [3.05, 3.63) is 0 Å². The second-order valence-corrected chi connectivity index (χ2v) is 2.75. The van der Waals surface area contributed by atoms with Gasteiger partial charge in [0.05, 0.1) is 7.82 Å². The Morgan fingerprint density at radius 1 is 0.846 bits per heavy atom. The fourth-order valence-electron chi connectivity index (χ4n) is 0. The van der Waals surface area contributed by atoms with Gasteiger partial charge in [-0.05, 0) is 0 Å². The van der Waals surface area contributed by atoms with Crippen LogP contribution in [0.4, 0.5) is 0 Å². The molecule has 0 heterocycles. The van der Waals surface area contributed by atoms with Gasteiger partial charge in [-0.2, -0.15) is 7.82 Å². The molecule has 0 atom stereocenters. The zero-order valence-electron chi connectivity index (χ0n) is 5.91. The van der Waals surface area contributed by atoms with E-state index >= 15 is 0 Å². The Hall–Kier alpha value is 1.86. The molecule has 0 saturated heterocycles. The first-order valence-electron chi connectivity index (χ1n) is 1.48. The maximum atomic E-state index is 8.66. The standard InChI is InChI=1S/2Fe.Li.2H3O4P/c;;;2*1-5(2,3)4/h;;;2*(H3,1,2,3,4)/q2*+2;+1;;/p-5. The van der Waals surface area contributed by atoms with E-state index in [-0.39, 0.29) is 53.0 Å². The Morgan fingerprint density at radius 2 is 0.846 bits per heavy atom. The van der Waals surface area contributed by atoms with Gasteiger partial charge < -0.3 is 38.5 Å². The number of hydrogen-bond donors (Lipinski definition) is 1. The second-order valence-electron chi connectivity index (χ2n) is 0.916. The van der Waals surface area contributed by atoms with E-state index < -0.39 is 15.6 Å². The van der Waals surface area contributed by atoms with E-state index in [2.05, 4.69) is 0 Å². The van der Waals surface area contributed by atoms with Crippen LogP contribution in [0.1, 0.15) is 0 Å². The Balaban J connectivity index is -0.0000000267. The van der Waals surface area contributed by atoms with Crippen LogP contribution in [-0.2, 0) is 43.3 Å². The van der Waals surface area contributed by atoms with E-state index in [1.165, 1.54) is 0 Å². The number of hydrogen-bond acceptors (Lipinski definition) is 7. The quantitative estimate of drug-likeness (QED) is 0.339. The first-order chi connectivity index (χ1) is 4.00. The third kappa shape index (κ3) is 565. The van der Waals surface area contributed by atoms with E-state index in [0.717, 1.165) is 0 Å². The molecule has 0 aromatic rings. The maximum Gasteiger partial charge on any atom is 2.00 e. The predicted octanol–water partition coefficient (Wildman–Crippen LogP) is -8.02. The SMILES string of the molecule is O=P([O-])([O-])O.O=P([O-])([O-])[O-].[Fe+2].[Fe+2].[Li+]. The summed E-state index contributed by atoms with van der Waals surface area (Å²) in [5, 5.41) is 0. The third-order valence-electron chi connectivity index (χ3n) is 0. The second kappa shape index (κ2) is 11.9. The first-order valence-corrected chi connectivity index (χ1v) is 4.43. The summed E-state index contributed by atoms with van der Waals surface area (Å²) in [5.74, 6) is 0. The fraction of sp³-hybridized carbons (Fsp3) is 0. The topological polar surface area (TPSA) is 170 Å². The summed E-state index contributed by atoms with van der Waals surface area (Å²) < 4.78 is 17.2. The molecule has 0 saturated carbocycles. The van der Waals surface area contributed by atoms with E-state index in [1.807, 2.05) is 0 Å². The van der Waals surface area contributed by atoms with Crippen LogP contribution in [0.15, 0.2) is 0 Å². The molecule has 8 nitrogen and oxygen atoms in total. The molecule has 0 amide bonds. The molecule has 0 unspecified atom stereocenters. The van der Waals surface area contributed by atoms with Crippen molar-refractivity contribution in [3.8, 4) is 0 Å². The molecule has 1 N–H and O–H groups in total. The maximum absolute atomic E-state index is 8.66. The average Bonchev–Trinajstić information content (AvgIpc) is 1.12. The molecular weight excluding hydrogens is 309 g/mol. The minimum absolute atomic E-state index is 0. The molecule has 0 rings (SSSR count). The normalized spacial score (nSPS) is 9.08. The minimum atomic E-state index is -5.39. The summed E-state index contributed by atoms with van der Waals surface area (Å²) in [6.07, 6.45) is 0. The van der Waals surface area contributed by atoms with Crippen LogP contribution in [-0.4, -0.2) is 4.89 Å². The zero-order valence-corrected chi connectivity index (χ0v) is 9.90. The molecule has 0 aromatic heterocycles. The van der Waals surface area contributed by atoms with E-state index in [0.29, 0.717) is 0 Å². The van der Waals surface area contributed by atoms with Crippen molar-refractivity contribution >= 4 is 15.6 Å². The van der Waals surface area contributed by atoms with Crippen molar-refractivity contribution < 1.29 is 91.5 Å². The van der Waals surface area contributed by atoms with Gasteiger partial charge in [-0.15, -0.1) is 0 Å². The molecule has 13 heteroatoms. The molecule has 0 aliphatic carbocycles. The molecule has 0 bridgehead atoms. The monoisotopic (exact) mass is 310 g/mol. The number of phosphoric acid groups is 2. The van der Waals surface area contributed by atoms with Crippen molar-refractivity contribution in [1.82, 2.24) is 0 Å². The van der Waals surface area contributed by atoms with Gasteiger partial charge in [0.25, 0.3) is 0 Å². The van der Waals surface area contributed by atoms with Gasteiger partial charge in [0.2, 0.25) is 0 Å². The Morgan fingerprint density at radius 3 is 0.846 bits per heavy atom. The van der Waals surface area contributed by atoms with Crippen LogP contribution in [0, 0.1) is 0 Å². The average molecular weight is 310 g/mol. The van der Waals surface area contributed by atoms with Crippen molar-refractivity contribution in [2.45, 2.75) is 0 Å². The van der Waals surface area contributed by atoms with Crippen LogP contribution in [0.5, 0.6) is 0 Å². The van der Waals surface area contributed by atoms with E-state index in [9.17, 15) is 0 Å². The van der Waals surface area contributed by atoms with Gasteiger partial charge in [-0.25, -0.2) is 0 Å². The molecule has 0 fully saturated rings. The van der Waals surface area contributed by atoms with Gasteiger partial charge in [0.15, 0.2) is 0 Å². The largest absolute Gasteiger partial charge is 2.00 e. The molecule has 0 aromatic carbocycles. The fourth-order valence-corrected chi connectivity index (χ4v) is 0. The first kappa shape index (κ1) is 29.4. The predicted molar refractivity (Wildman–Crippen MR) is 17.4 cm³/mol. The van der Waals surface area contributed by atoms with Crippen LogP contribution < -0.4 is 43.3 Å². The molecule has 13 heavy (non-hydrogen) atoms. The molecule has 0 radical (unpaired) electrons. The Kier molecular flexibility index (Phi) is 26.9. The minimum Gasteiger partial charge on any atom is -0.822 e. The summed E-state index contributed by atoms with van der Waals surface area (Å²) >= 11 is 0. The van der Waals surface area contributed by atoms with Gasteiger partial charge in [-0.3, -0.25) is 0 Å². The summed E-state index contributed by atoms with van der Waals surface area (Å²) in [7, 11) is -10.5. The smallest absolute Gasteiger partial charge is 0.822 e. The van der Waals surface area contributed by atoms with Crippen molar-refractivity contribution in [1.29, 1.82) is 0 Å². The van der Waals surface area contributed by atoms with Crippen molar-refractivity contribution in [2.24, 2.45) is 0 Å². The Bertz CT molecular complexity index is 132. The van der Waals surface area contributed by atoms with Crippen LogP contribution in [0.2, 0.25) is 0 Å². The summed E-state index contributed by atoms with van der Waals surface area (Å²) in [6.45, 7) is 0. The summed E-state index contributed by atoms with van der Waals surface area (Å²) in [5.41, 5.74) is 0. The van der Waals surface area contributed by atoms with Crippen molar-refractivity contribution in [3.63, 3.8) is 0 Å². The molecule has 76 valence electrons. The number of rotatable bonds is 0. The zero-order chi connectivity index (χ0) is 9.00. The van der Waals surface area contributed by atoms with Gasteiger partial charge in [-0.1, -0.05) is 0 Å². The molecular formula is HFe2LiO8P2. The van der Waals surface area contributed by atoms with Crippen molar-refractivity contribution in [2.75, 3.05) is 0 Å². The van der Waals surface area contributed by atoms with Crippen LogP contribution in [0.25, 0.3) is 0 Å². The van der Waals surface area contributed by atoms with Crippen LogP contribution >= 0.6 is 15.6 Å². The van der Waals surface area contributed by atoms with Gasteiger partial charge >= 0.3 is 53.0 Å². The van der Waals surface area contributed by atoms with Gasteiger partial charge in [0, 0.05) is 0 Å². The van der Waals surface area contributed by atoms with Crippen LogP contribution in [0.3, 0.4) is 0 Å². The van der Waals surface area contributed by atoms with Gasteiger partial charge in [0.1, 0.15) is 0 Å². The molecule has 0 spiro atoms. The molecule has 0 aliphatic heterocycles. The van der Waals surface area contributed by atoms with E-state index in [4.69, 9.17) is 38.5 Å². The third-order valence-corrected chi connectivity index (χ3v) is 0. The summed E-state index contributed by atoms with van der Waals surface area (Å²) in [6, 6.07) is 0.